The molecule has 0 aliphatic carbocycles. The fourth-order valence-corrected chi connectivity index (χ4v) is 4.45. The molecule has 5 nitrogen and oxygen atoms in total. The minimum atomic E-state index is -0.165. The van der Waals surface area contributed by atoms with E-state index < -0.39 is 0 Å². The summed E-state index contributed by atoms with van der Waals surface area (Å²) in [5, 5.41) is 13.6. The maximum atomic E-state index is 5.01. The third-order valence-corrected chi connectivity index (χ3v) is 5.95. The first kappa shape index (κ1) is 18.6. The molecule has 0 spiro atoms. The van der Waals surface area contributed by atoms with Gasteiger partial charge in [0, 0.05) is 28.6 Å². The lowest BCUT2D eigenvalue weighted by Crippen LogP contribution is -2.26. The molecule has 5 aromatic rings. The predicted octanol–water partition coefficient (Wildman–Crippen LogP) is 5.99. The van der Waals surface area contributed by atoms with Crippen molar-refractivity contribution >= 4 is 5.69 Å². The maximum Gasteiger partial charge on any atom is 0.151 e. The molecule has 1 atom stereocenters. The number of benzene rings is 3. The van der Waals surface area contributed by atoms with Gasteiger partial charge in [0.1, 0.15) is 0 Å². The molecule has 3 heterocycles. The number of anilines is 1. The Bertz CT molecular complexity index is 1410. The van der Waals surface area contributed by atoms with Gasteiger partial charge in [0.15, 0.2) is 6.17 Å². The van der Waals surface area contributed by atoms with Gasteiger partial charge in [-0.2, -0.15) is 10.2 Å². The lowest BCUT2D eigenvalue weighted by molar-refractivity contribution is 0.572. The molecule has 1 aliphatic heterocycles. The summed E-state index contributed by atoms with van der Waals surface area (Å²) in [6.45, 7) is 4.17. The fraction of sp³-hybridized carbons (Fsp3) is 0.111. The number of hydrogen-bond donors (Lipinski definition) is 1. The summed E-state index contributed by atoms with van der Waals surface area (Å²) in [4.78, 5) is 0. The summed E-state index contributed by atoms with van der Waals surface area (Å²) < 4.78 is 4.05. The topological polar surface area (TPSA) is 47.7 Å². The van der Waals surface area contributed by atoms with E-state index >= 15 is 0 Å². The van der Waals surface area contributed by atoms with Crippen LogP contribution in [0.15, 0.2) is 91.1 Å². The van der Waals surface area contributed by atoms with Gasteiger partial charge in [0.2, 0.25) is 0 Å². The predicted molar refractivity (Wildman–Crippen MR) is 128 cm³/mol. The Balaban J connectivity index is 1.56. The van der Waals surface area contributed by atoms with Gasteiger partial charge in [-0.3, -0.25) is 0 Å². The van der Waals surface area contributed by atoms with Gasteiger partial charge in [0.05, 0.1) is 22.8 Å². The summed E-state index contributed by atoms with van der Waals surface area (Å²) >= 11 is 0. The van der Waals surface area contributed by atoms with Gasteiger partial charge in [-0.1, -0.05) is 60.2 Å². The first-order valence-corrected chi connectivity index (χ1v) is 10.8. The van der Waals surface area contributed by atoms with Crippen molar-refractivity contribution in [2.75, 3.05) is 5.32 Å². The van der Waals surface area contributed by atoms with Gasteiger partial charge < -0.3 is 5.32 Å². The molecule has 0 radical (unpaired) electrons. The Morgan fingerprint density at radius 2 is 1.56 bits per heavy atom. The number of nitrogens with zero attached hydrogens (tertiary/aromatic N) is 4. The van der Waals surface area contributed by atoms with E-state index in [-0.39, 0.29) is 6.17 Å². The van der Waals surface area contributed by atoms with E-state index in [0.29, 0.717) is 0 Å². The quantitative estimate of drug-likeness (QED) is 0.392. The summed E-state index contributed by atoms with van der Waals surface area (Å²) in [6, 6.07) is 29.3. The second-order valence-corrected chi connectivity index (χ2v) is 8.29. The molecule has 32 heavy (non-hydrogen) atoms. The molecule has 1 aliphatic rings. The average Bonchev–Trinajstić information content (AvgIpc) is 3.44. The van der Waals surface area contributed by atoms with E-state index in [1.807, 2.05) is 35.9 Å². The van der Waals surface area contributed by atoms with E-state index in [1.165, 1.54) is 11.1 Å². The fourth-order valence-electron chi connectivity index (χ4n) is 4.45. The molecular weight excluding hydrogens is 394 g/mol. The van der Waals surface area contributed by atoms with E-state index in [2.05, 4.69) is 83.8 Å². The number of para-hydroxylation sites is 1. The zero-order chi connectivity index (χ0) is 21.7. The van der Waals surface area contributed by atoms with Crippen LogP contribution in [0.2, 0.25) is 0 Å². The van der Waals surface area contributed by atoms with E-state index in [9.17, 15) is 0 Å². The highest BCUT2D eigenvalue weighted by Crippen LogP contribution is 2.41. The van der Waals surface area contributed by atoms with Crippen LogP contribution in [-0.2, 0) is 0 Å². The first-order valence-electron chi connectivity index (χ1n) is 10.8. The van der Waals surface area contributed by atoms with Gasteiger partial charge in [-0.25, -0.2) is 9.36 Å². The van der Waals surface area contributed by atoms with Crippen LogP contribution in [0.1, 0.15) is 23.0 Å². The highest BCUT2D eigenvalue weighted by atomic mass is 15.4. The van der Waals surface area contributed by atoms with Crippen LogP contribution in [-0.4, -0.2) is 19.6 Å². The van der Waals surface area contributed by atoms with Crippen molar-refractivity contribution in [3.63, 3.8) is 0 Å². The van der Waals surface area contributed by atoms with Crippen molar-refractivity contribution in [2.45, 2.75) is 20.0 Å². The van der Waals surface area contributed by atoms with Gasteiger partial charge in [0.25, 0.3) is 0 Å². The smallest absolute Gasteiger partial charge is 0.151 e. The molecular formula is C27H23N5. The highest BCUT2D eigenvalue weighted by Gasteiger charge is 2.30. The highest BCUT2D eigenvalue weighted by molar-refractivity contribution is 5.80. The van der Waals surface area contributed by atoms with Crippen molar-refractivity contribution in [2.24, 2.45) is 0 Å². The monoisotopic (exact) mass is 417 g/mol. The zero-order valence-corrected chi connectivity index (χ0v) is 18.0. The number of hydrogen-bond acceptors (Lipinski definition) is 3. The molecule has 0 unspecified atom stereocenters. The van der Waals surface area contributed by atoms with Crippen LogP contribution in [0, 0.1) is 13.8 Å². The Kier molecular flexibility index (Phi) is 4.21. The summed E-state index contributed by atoms with van der Waals surface area (Å²) in [6.07, 6.45) is 1.96. The SMILES string of the molecule is Cc1ccc2c(c1)-c1cc(C)nn1[C@H](c1cn(-c3ccccc3)nc1-c1ccccc1)N2. The van der Waals surface area contributed by atoms with E-state index in [4.69, 9.17) is 10.2 Å². The number of fused-ring (bicyclic) bond motifs is 3. The van der Waals surface area contributed by atoms with Crippen molar-refractivity contribution in [3.05, 3.63) is 108 Å². The summed E-state index contributed by atoms with van der Waals surface area (Å²) in [5.41, 5.74) is 9.78. The molecule has 0 saturated carbocycles. The van der Waals surface area contributed by atoms with Gasteiger partial charge in [-0.05, 0) is 44.2 Å². The van der Waals surface area contributed by atoms with Crippen LogP contribution in [0.5, 0.6) is 0 Å². The van der Waals surface area contributed by atoms with Crippen molar-refractivity contribution in [1.29, 1.82) is 0 Å². The molecule has 0 fully saturated rings. The summed E-state index contributed by atoms with van der Waals surface area (Å²) in [7, 11) is 0. The van der Waals surface area contributed by atoms with E-state index in [0.717, 1.165) is 39.6 Å². The lowest BCUT2D eigenvalue weighted by Gasteiger charge is -2.29. The number of nitrogens with one attached hydrogen (secondary N) is 1. The molecule has 6 rings (SSSR count). The van der Waals surface area contributed by atoms with Crippen molar-refractivity contribution in [1.82, 2.24) is 19.6 Å². The van der Waals surface area contributed by atoms with Crippen molar-refractivity contribution in [3.8, 4) is 28.2 Å². The van der Waals surface area contributed by atoms with Crippen LogP contribution < -0.4 is 5.32 Å². The number of aromatic nitrogens is 4. The lowest BCUT2D eigenvalue weighted by atomic mass is 10.0. The second kappa shape index (κ2) is 7.24. The largest absolute Gasteiger partial charge is 0.359 e. The third-order valence-electron chi connectivity index (χ3n) is 5.95. The standard InChI is InChI=1S/C27H23N5/c1-18-13-14-24-22(15-18)25-16-19(2)29-32(25)27(28-24)23-17-31(21-11-7-4-8-12-21)30-26(23)20-9-5-3-6-10-20/h3-17,27-28H,1-2H3/t27-/m1/s1. The molecule has 5 heteroatoms. The molecule has 1 N–H and O–H groups in total. The molecule has 3 aromatic carbocycles. The zero-order valence-electron chi connectivity index (χ0n) is 18.0. The first-order chi connectivity index (χ1) is 15.7. The molecule has 0 bridgehead atoms. The van der Waals surface area contributed by atoms with Crippen LogP contribution in [0.25, 0.3) is 28.2 Å². The summed E-state index contributed by atoms with van der Waals surface area (Å²) in [5.74, 6) is 0. The van der Waals surface area contributed by atoms with Crippen molar-refractivity contribution < 1.29 is 0 Å². The minimum Gasteiger partial charge on any atom is -0.359 e. The Morgan fingerprint density at radius 3 is 2.34 bits per heavy atom. The second-order valence-electron chi connectivity index (χ2n) is 8.29. The van der Waals surface area contributed by atoms with E-state index in [1.54, 1.807) is 0 Å². The Morgan fingerprint density at radius 1 is 0.812 bits per heavy atom. The van der Waals surface area contributed by atoms with Crippen LogP contribution in [0.4, 0.5) is 5.69 Å². The molecule has 2 aromatic heterocycles. The third kappa shape index (κ3) is 3.02. The minimum absolute atomic E-state index is 0.165. The van der Waals surface area contributed by atoms with Crippen LogP contribution in [0.3, 0.4) is 0 Å². The maximum absolute atomic E-state index is 5.01. The van der Waals surface area contributed by atoms with Crippen LogP contribution >= 0.6 is 0 Å². The average molecular weight is 418 g/mol. The van der Waals surface area contributed by atoms with Gasteiger partial charge in [-0.15, -0.1) is 0 Å². The molecule has 0 saturated heterocycles. The Hall–Kier alpha value is -4.12. The molecule has 156 valence electrons. The number of rotatable bonds is 3. The normalized spacial score (nSPS) is 14.5. The van der Waals surface area contributed by atoms with Gasteiger partial charge >= 0.3 is 0 Å². The number of aryl methyl sites for hydroxylation is 2. The Labute approximate surface area is 187 Å². The molecule has 0 amide bonds.